The van der Waals surface area contributed by atoms with E-state index >= 15 is 0 Å². The van der Waals surface area contributed by atoms with Gasteiger partial charge in [0.05, 0.1) is 11.4 Å². The topological polar surface area (TPSA) is 92.2 Å². The summed E-state index contributed by atoms with van der Waals surface area (Å²) in [6.45, 7) is 16.5. The van der Waals surface area contributed by atoms with E-state index in [1.807, 2.05) is 48.5 Å². The first-order valence-electron chi connectivity index (χ1n) is 13.6. The Labute approximate surface area is 227 Å². The third kappa shape index (κ3) is 8.75. The molecule has 0 unspecified atom stereocenters. The van der Waals surface area contributed by atoms with E-state index in [-0.39, 0.29) is 11.5 Å². The molecule has 0 saturated carbocycles. The Morgan fingerprint density at radius 1 is 0.711 bits per heavy atom. The molecule has 8 nitrogen and oxygen atoms in total. The normalized spacial score (nSPS) is 14.6. The van der Waals surface area contributed by atoms with Gasteiger partial charge in [0.2, 0.25) is 5.78 Å². The van der Waals surface area contributed by atoms with Crippen molar-refractivity contribution >= 4 is 34.2 Å². The van der Waals surface area contributed by atoms with E-state index in [1.54, 1.807) is 6.08 Å². The van der Waals surface area contributed by atoms with Gasteiger partial charge in [0, 0.05) is 49.3 Å². The molecule has 0 heterocycles. The van der Waals surface area contributed by atoms with Crippen molar-refractivity contribution in [1.82, 2.24) is 9.80 Å². The fraction of sp³-hybridized carbons (Fsp3) is 0.400. The van der Waals surface area contributed by atoms with Gasteiger partial charge in [-0.15, -0.1) is 0 Å². The lowest BCUT2D eigenvalue weighted by Gasteiger charge is -2.18. The molecule has 0 fully saturated rings. The van der Waals surface area contributed by atoms with Crippen LogP contribution in [-0.2, 0) is 4.79 Å². The zero-order valence-corrected chi connectivity index (χ0v) is 23.1. The van der Waals surface area contributed by atoms with Crippen LogP contribution in [0.4, 0.5) is 22.7 Å². The second kappa shape index (κ2) is 15.0. The summed E-state index contributed by atoms with van der Waals surface area (Å²) in [7, 11) is 0. The molecule has 0 saturated heterocycles. The fourth-order valence-electron chi connectivity index (χ4n) is 4.16. The van der Waals surface area contributed by atoms with E-state index in [2.05, 4.69) is 58.4 Å². The number of nitrogens with zero attached hydrogens (tertiary/aromatic N) is 3. The molecule has 204 valence electrons. The zero-order valence-electron chi connectivity index (χ0n) is 23.1. The highest BCUT2D eigenvalue weighted by Gasteiger charge is 2.19. The fourth-order valence-corrected chi connectivity index (χ4v) is 4.16. The Morgan fingerprint density at radius 2 is 1.18 bits per heavy atom. The number of benzene rings is 2. The lowest BCUT2D eigenvalue weighted by Crippen LogP contribution is -2.28. The van der Waals surface area contributed by atoms with E-state index in [9.17, 15) is 9.90 Å². The van der Waals surface area contributed by atoms with Gasteiger partial charge in [-0.25, -0.2) is 4.99 Å². The van der Waals surface area contributed by atoms with Crippen molar-refractivity contribution in [2.45, 2.75) is 27.7 Å². The number of aliphatic imine (C=N–C) groups is 1. The molecule has 4 N–H and O–H groups in total. The maximum atomic E-state index is 12.5. The Hall–Kier alpha value is -3.62. The summed E-state index contributed by atoms with van der Waals surface area (Å²) in [6.07, 6.45) is 2.79. The highest BCUT2D eigenvalue weighted by molar-refractivity contribution is 6.22. The van der Waals surface area contributed by atoms with Gasteiger partial charge in [0.25, 0.3) is 0 Å². The molecule has 38 heavy (non-hydrogen) atoms. The first-order valence-corrected chi connectivity index (χ1v) is 13.6. The molecule has 8 heteroatoms. The second-order valence-electron chi connectivity index (χ2n) is 9.11. The number of nitrogens with one attached hydrogen (secondary N) is 3. The van der Waals surface area contributed by atoms with Gasteiger partial charge in [-0.05, 0) is 80.8 Å². The van der Waals surface area contributed by atoms with Gasteiger partial charge in [0.15, 0.2) is 0 Å². The number of hydrogen-bond donors (Lipinski definition) is 4. The monoisotopic (exact) mass is 518 g/mol. The number of aliphatic hydroxyl groups excluding tert-OH is 1. The molecule has 0 amide bonds. The van der Waals surface area contributed by atoms with Crippen LogP contribution in [0.25, 0.3) is 0 Å². The minimum atomic E-state index is -0.296. The molecule has 2 aromatic rings. The van der Waals surface area contributed by atoms with Crippen LogP contribution in [0, 0.1) is 0 Å². The van der Waals surface area contributed by atoms with E-state index in [0.717, 1.165) is 69.4 Å². The first-order chi connectivity index (χ1) is 18.4. The maximum Gasteiger partial charge on any atom is 0.205 e. The number of likely N-dealkylation sites (N-methyl/N-ethyl adjacent to an activating group) is 2. The van der Waals surface area contributed by atoms with Crippen LogP contribution in [0.3, 0.4) is 0 Å². The van der Waals surface area contributed by atoms with Crippen molar-refractivity contribution in [3.05, 3.63) is 72.1 Å². The Bertz CT molecular complexity index is 1110. The van der Waals surface area contributed by atoms with E-state index in [0.29, 0.717) is 17.1 Å². The predicted octanol–water partition coefficient (Wildman–Crippen LogP) is 5.29. The summed E-state index contributed by atoms with van der Waals surface area (Å²) in [5, 5.41) is 20.4. The van der Waals surface area contributed by atoms with Crippen molar-refractivity contribution < 1.29 is 9.90 Å². The Morgan fingerprint density at radius 3 is 1.68 bits per heavy atom. The number of ketones is 1. The molecule has 0 atom stereocenters. The summed E-state index contributed by atoms with van der Waals surface area (Å²) in [5.74, 6) is -0.439. The third-order valence-corrected chi connectivity index (χ3v) is 6.66. The third-order valence-electron chi connectivity index (χ3n) is 6.66. The van der Waals surface area contributed by atoms with Crippen molar-refractivity contribution in [3.8, 4) is 0 Å². The number of allylic oxidation sites excluding steroid dienone is 2. The van der Waals surface area contributed by atoms with E-state index in [1.165, 1.54) is 6.08 Å². The first kappa shape index (κ1) is 28.9. The molecule has 0 bridgehead atoms. The average Bonchev–Trinajstić information content (AvgIpc) is 2.93. The second-order valence-corrected chi connectivity index (χ2v) is 9.11. The lowest BCUT2D eigenvalue weighted by molar-refractivity contribution is -0.111. The SMILES string of the molecule is CCN(CC)CCNc1ccc(/N=C2\C=C(Nc3ccc(NCCN(CC)CC)cc3)C(=O)C=C2O)cc1. The largest absolute Gasteiger partial charge is 0.506 e. The van der Waals surface area contributed by atoms with Crippen LogP contribution in [0.5, 0.6) is 0 Å². The lowest BCUT2D eigenvalue weighted by atomic mass is 10.1. The molecule has 0 radical (unpaired) electrons. The molecule has 0 spiro atoms. The molecule has 2 aromatic carbocycles. The molecule has 3 rings (SSSR count). The quantitative estimate of drug-likeness (QED) is 0.238. The minimum absolute atomic E-state index is 0.144. The molecule has 1 aliphatic carbocycles. The summed E-state index contributed by atoms with van der Waals surface area (Å²) < 4.78 is 0. The summed E-state index contributed by atoms with van der Waals surface area (Å²) in [5.41, 5.74) is 4.22. The van der Waals surface area contributed by atoms with Gasteiger partial charge >= 0.3 is 0 Å². The zero-order chi connectivity index (χ0) is 27.3. The minimum Gasteiger partial charge on any atom is -0.506 e. The number of carbonyl (C=O) groups excluding carboxylic acids is 1. The van der Waals surface area contributed by atoms with Gasteiger partial charge in [-0.3, -0.25) is 4.79 Å². The average molecular weight is 519 g/mol. The highest BCUT2D eigenvalue weighted by atomic mass is 16.3. The van der Waals surface area contributed by atoms with Crippen molar-refractivity contribution in [2.24, 2.45) is 4.99 Å². The number of aliphatic hydroxyl groups is 1. The van der Waals surface area contributed by atoms with Gasteiger partial charge in [-0.1, -0.05) is 27.7 Å². The molecule has 0 aliphatic heterocycles. The van der Waals surface area contributed by atoms with Gasteiger partial charge < -0.3 is 30.9 Å². The number of carbonyl (C=O) groups is 1. The van der Waals surface area contributed by atoms with Crippen LogP contribution in [-0.4, -0.2) is 78.8 Å². The van der Waals surface area contributed by atoms with Crippen molar-refractivity contribution in [2.75, 3.05) is 68.3 Å². The standard InChI is InChI=1S/C30H42N6O2/c1-5-35(6-2)19-17-31-23-9-13-25(14-10-23)33-27-21-28(30(38)22-29(27)37)34-26-15-11-24(12-16-26)32-18-20-36(7-3)8-4/h9-16,21-22,31-33,38H,5-8,17-20H2,1-4H3/b34-28+. The number of anilines is 3. The van der Waals surface area contributed by atoms with Crippen LogP contribution in [0.2, 0.25) is 0 Å². The van der Waals surface area contributed by atoms with E-state index in [4.69, 9.17) is 0 Å². The summed E-state index contributed by atoms with van der Waals surface area (Å²) in [4.78, 5) is 21.8. The highest BCUT2D eigenvalue weighted by Crippen LogP contribution is 2.22. The molecule has 0 aromatic heterocycles. The predicted molar refractivity (Wildman–Crippen MR) is 160 cm³/mol. The van der Waals surface area contributed by atoms with Crippen LogP contribution < -0.4 is 16.0 Å². The van der Waals surface area contributed by atoms with Gasteiger partial charge in [0.1, 0.15) is 11.5 Å². The van der Waals surface area contributed by atoms with E-state index < -0.39 is 0 Å². The summed E-state index contributed by atoms with van der Waals surface area (Å²) >= 11 is 0. The van der Waals surface area contributed by atoms with Crippen LogP contribution in [0.15, 0.2) is 77.1 Å². The molecule has 1 aliphatic rings. The maximum absolute atomic E-state index is 12.5. The summed E-state index contributed by atoms with van der Waals surface area (Å²) in [6, 6.07) is 15.5. The Balaban J connectivity index is 1.60. The molecular weight excluding hydrogens is 476 g/mol. The molecular formula is C30H42N6O2. The Kier molecular flexibility index (Phi) is 11.4. The van der Waals surface area contributed by atoms with Crippen LogP contribution >= 0.6 is 0 Å². The van der Waals surface area contributed by atoms with Crippen molar-refractivity contribution in [1.29, 1.82) is 0 Å². The number of rotatable bonds is 15. The smallest absolute Gasteiger partial charge is 0.205 e. The number of hydrogen-bond acceptors (Lipinski definition) is 8. The van der Waals surface area contributed by atoms with Crippen LogP contribution in [0.1, 0.15) is 27.7 Å². The van der Waals surface area contributed by atoms with Crippen molar-refractivity contribution in [3.63, 3.8) is 0 Å². The van der Waals surface area contributed by atoms with Gasteiger partial charge in [-0.2, -0.15) is 0 Å².